The largest absolute Gasteiger partial charge is 0.350 e. The highest BCUT2D eigenvalue weighted by Crippen LogP contribution is 2.23. The minimum absolute atomic E-state index is 0.0240. The number of nitrogens with two attached hydrogens (primary N) is 1. The molecular weight excluding hydrogens is 192 g/mol. The van der Waals surface area contributed by atoms with Crippen LogP contribution in [-0.2, 0) is 9.47 Å². The van der Waals surface area contributed by atoms with E-state index in [1.165, 1.54) is 25.8 Å². The van der Waals surface area contributed by atoms with Crippen LogP contribution in [0.5, 0.6) is 0 Å². The molecule has 0 aliphatic carbocycles. The fraction of sp³-hybridized carbons (Fsp3) is 1.00. The fourth-order valence-corrected chi connectivity index (χ4v) is 2.42. The third-order valence-corrected chi connectivity index (χ3v) is 3.46. The summed E-state index contributed by atoms with van der Waals surface area (Å²) in [7, 11) is 2.19. The molecule has 2 heterocycles. The first kappa shape index (κ1) is 11.3. The zero-order valence-corrected chi connectivity index (χ0v) is 9.52. The third-order valence-electron chi connectivity index (χ3n) is 3.46. The molecule has 2 fully saturated rings. The van der Waals surface area contributed by atoms with Gasteiger partial charge in [0.05, 0.1) is 12.7 Å². The van der Waals surface area contributed by atoms with Crippen LogP contribution in [0.3, 0.4) is 0 Å². The van der Waals surface area contributed by atoms with E-state index in [9.17, 15) is 0 Å². The van der Waals surface area contributed by atoms with Crippen molar-refractivity contribution in [2.24, 2.45) is 5.73 Å². The number of hydrogen-bond donors (Lipinski definition) is 1. The van der Waals surface area contributed by atoms with Crippen molar-refractivity contribution in [3.8, 4) is 0 Å². The zero-order valence-electron chi connectivity index (χ0n) is 9.52. The van der Waals surface area contributed by atoms with Crippen LogP contribution in [0.25, 0.3) is 0 Å². The first-order chi connectivity index (χ1) is 7.29. The average Bonchev–Trinajstić information content (AvgIpc) is 2.69. The lowest BCUT2D eigenvalue weighted by Gasteiger charge is -2.33. The highest BCUT2D eigenvalue weighted by molar-refractivity contribution is 4.77. The van der Waals surface area contributed by atoms with Gasteiger partial charge in [0.2, 0.25) is 0 Å². The van der Waals surface area contributed by atoms with E-state index >= 15 is 0 Å². The lowest BCUT2D eigenvalue weighted by molar-refractivity contribution is -0.0762. The van der Waals surface area contributed by atoms with Gasteiger partial charge in [-0.3, -0.25) is 0 Å². The molecule has 0 amide bonds. The molecule has 0 aromatic carbocycles. The second-order valence-electron chi connectivity index (χ2n) is 4.62. The second kappa shape index (κ2) is 5.25. The lowest BCUT2D eigenvalue weighted by atomic mass is 10.00. The second-order valence-corrected chi connectivity index (χ2v) is 4.62. The highest BCUT2D eigenvalue weighted by Gasteiger charge is 2.29. The lowest BCUT2D eigenvalue weighted by Crippen LogP contribution is -2.38. The van der Waals surface area contributed by atoms with Gasteiger partial charge in [0.25, 0.3) is 0 Å². The van der Waals surface area contributed by atoms with Gasteiger partial charge in [-0.05, 0) is 26.4 Å². The van der Waals surface area contributed by atoms with Gasteiger partial charge in [-0.25, -0.2) is 0 Å². The molecule has 0 saturated carbocycles. The molecule has 88 valence electrons. The number of hydrogen-bond acceptors (Lipinski definition) is 4. The van der Waals surface area contributed by atoms with E-state index < -0.39 is 0 Å². The van der Waals surface area contributed by atoms with Crippen molar-refractivity contribution < 1.29 is 9.47 Å². The number of piperidine rings is 1. The van der Waals surface area contributed by atoms with Gasteiger partial charge in [0, 0.05) is 19.0 Å². The monoisotopic (exact) mass is 214 g/mol. The molecule has 3 unspecified atom stereocenters. The van der Waals surface area contributed by atoms with E-state index in [2.05, 4.69) is 11.9 Å². The van der Waals surface area contributed by atoms with Crippen LogP contribution in [-0.4, -0.2) is 50.1 Å². The Kier molecular flexibility index (Phi) is 3.97. The van der Waals surface area contributed by atoms with E-state index in [-0.39, 0.29) is 12.4 Å². The van der Waals surface area contributed by atoms with E-state index in [1.54, 1.807) is 0 Å². The van der Waals surface area contributed by atoms with Gasteiger partial charge in [-0.1, -0.05) is 6.42 Å². The standard InChI is InChI=1S/C11H22N2O2/c1-13-5-3-2-4-9(13)6-11-14-8-10(7-12)15-11/h9-11H,2-8,12H2,1H3. The van der Waals surface area contributed by atoms with Crippen LogP contribution in [0.15, 0.2) is 0 Å². The summed E-state index contributed by atoms with van der Waals surface area (Å²) in [6.45, 7) is 2.44. The van der Waals surface area contributed by atoms with Crippen LogP contribution in [0.1, 0.15) is 25.7 Å². The number of nitrogens with zero attached hydrogens (tertiary/aromatic N) is 1. The van der Waals surface area contributed by atoms with Crippen molar-refractivity contribution in [1.29, 1.82) is 0 Å². The highest BCUT2D eigenvalue weighted by atomic mass is 16.7. The topological polar surface area (TPSA) is 47.7 Å². The van der Waals surface area contributed by atoms with E-state index in [0.717, 1.165) is 6.42 Å². The van der Waals surface area contributed by atoms with Crippen molar-refractivity contribution >= 4 is 0 Å². The van der Waals surface area contributed by atoms with Crippen molar-refractivity contribution in [3.63, 3.8) is 0 Å². The Balaban J connectivity index is 1.76. The molecule has 2 aliphatic rings. The summed E-state index contributed by atoms with van der Waals surface area (Å²) >= 11 is 0. The maximum Gasteiger partial charge on any atom is 0.159 e. The Bertz CT molecular complexity index is 201. The first-order valence-electron chi connectivity index (χ1n) is 5.97. The molecular formula is C11H22N2O2. The zero-order chi connectivity index (χ0) is 10.7. The van der Waals surface area contributed by atoms with Crippen LogP contribution in [0.4, 0.5) is 0 Å². The quantitative estimate of drug-likeness (QED) is 0.746. The molecule has 0 spiro atoms. The minimum Gasteiger partial charge on any atom is -0.350 e. The van der Waals surface area contributed by atoms with Crippen molar-refractivity contribution in [2.75, 3.05) is 26.7 Å². The van der Waals surface area contributed by atoms with Gasteiger partial charge in [0.15, 0.2) is 6.29 Å². The number of ether oxygens (including phenoxy) is 2. The molecule has 2 rings (SSSR count). The molecule has 2 aliphatic heterocycles. The Morgan fingerprint density at radius 3 is 2.93 bits per heavy atom. The molecule has 3 atom stereocenters. The summed E-state index contributed by atoms with van der Waals surface area (Å²) in [5.74, 6) is 0. The van der Waals surface area contributed by atoms with Crippen molar-refractivity contribution in [1.82, 2.24) is 4.90 Å². The molecule has 0 aromatic rings. The summed E-state index contributed by atoms with van der Waals surface area (Å²) in [6, 6.07) is 0.625. The predicted molar refractivity (Wildman–Crippen MR) is 58.6 cm³/mol. The molecule has 0 aromatic heterocycles. The summed E-state index contributed by atoms with van der Waals surface area (Å²) in [5, 5.41) is 0. The van der Waals surface area contributed by atoms with Crippen molar-refractivity contribution in [2.45, 2.75) is 44.1 Å². The van der Waals surface area contributed by atoms with Crippen LogP contribution >= 0.6 is 0 Å². The SMILES string of the molecule is CN1CCCCC1CC1OCC(CN)O1. The molecule has 0 bridgehead atoms. The Labute approximate surface area is 91.7 Å². The molecule has 4 nitrogen and oxygen atoms in total. The van der Waals surface area contributed by atoms with Crippen LogP contribution in [0, 0.1) is 0 Å². The van der Waals surface area contributed by atoms with Crippen LogP contribution in [0.2, 0.25) is 0 Å². The minimum atomic E-state index is -0.0240. The van der Waals surface area contributed by atoms with E-state index in [4.69, 9.17) is 15.2 Å². The van der Waals surface area contributed by atoms with Gasteiger partial charge in [-0.15, -0.1) is 0 Å². The summed E-state index contributed by atoms with van der Waals surface area (Å²) in [4.78, 5) is 2.42. The van der Waals surface area contributed by atoms with E-state index in [0.29, 0.717) is 19.2 Å². The molecule has 15 heavy (non-hydrogen) atoms. The molecule has 4 heteroatoms. The summed E-state index contributed by atoms with van der Waals surface area (Å²) < 4.78 is 11.3. The van der Waals surface area contributed by atoms with Gasteiger partial charge in [0.1, 0.15) is 0 Å². The molecule has 0 radical (unpaired) electrons. The fourth-order valence-electron chi connectivity index (χ4n) is 2.42. The molecule has 2 N–H and O–H groups in total. The van der Waals surface area contributed by atoms with Gasteiger partial charge >= 0.3 is 0 Å². The van der Waals surface area contributed by atoms with Gasteiger partial charge in [-0.2, -0.15) is 0 Å². The summed E-state index contributed by atoms with van der Waals surface area (Å²) in [6.07, 6.45) is 5.01. The van der Waals surface area contributed by atoms with Gasteiger partial charge < -0.3 is 20.1 Å². The Morgan fingerprint density at radius 2 is 2.27 bits per heavy atom. The van der Waals surface area contributed by atoms with Crippen molar-refractivity contribution in [3.05, 3.63) is 0 Å². The Morgan fingerprint density at radius 1 is 1.40 bits per heavy atom. The molecule has 2 saturated heterocycles. The normalized spacial score (nSPS) is 38.4. The van der Waals surface area contributed by atoms with E-state index in [1.807, 2.05) is 0 Å². The average molecular weight is 214 g/mol. The number of likely N-dealkylation sites (tertiary alicyclic amines) is 1. The maximum atomic E-state index is 5.69. The van der Waals surface area contributed by atoms with Crippen LogP contribution < -0.4 is 5.73 Å². The maximum absolute atomic E-state index is 5.69. The first-order valence-corrected chi connectivity index (χ1v) is 5.97. The Hall–Kier alpha value is -0.160. The smallest absolute Gasteiger partial charge is 0.159 e. The summed E-state index contributed by atoms with van der Waals surface area (Å²) in [5.41, 5.74) is 5.54. The predicted octanol–water partition coefficient (Wildman–Crippen LogP) is 0.561. The third kappa shape index (κ3) is 2.91. The number of rotatable bonds is 3.